The van der Waals surface area contributed by atoms with Gasteiger partial charge < -0.3 is 15.2 Å². The van der Waals surface area contributed by atoms with Crippen LogP contribution in [0.4, 0.5) is 0 Å². The second-order valence-electron chi connectivity index (χ2n) is 5.54. The van der Waals surface area contributed by atoms with Crippen LogP contribution in [-0.2, 0) is 9.53 Å². The number of rotatable bonds is 2. The van der Waals surface area contributed by atoms with Gasteiger partial charge in [0.05, 0.1) is 13.0 Å². The molecule has 0 unspecified atom stereocenters. The third-order valence-electron chi connectivity index (χ3n) is 4.17. The Kier molecular flexibility index (Phi) is 4.44. The summed E-state index contributed by atoms with van der Waals surface area (Å²) < 4.78 is 10.9. The van der Waals surface area contributed by atoms with E-state index in [1.54, 1.807) is 12.1 Å². The summed E-state index contributed by atoms with van der Waals surface area (Å²) >= 11 is 12.4. The van der Waals surface area contributed by atoms with Gasteiger partial charge in [0.1, 0.15) is 23.2 Å². The lowest BCUT2D eigenvalue weighted by molar-refractivity contribution is -0.116. The Morgan fingerprint density at radius 2 is 2.12 bits per heavy atom. The van der Waals surface area contributed by atoms with Crippen LogP contribution in [0.5, 0.6) is 5.75 Å². The first kappa shape index (κ1) is 16.7. The number of allylic oxidation sites excluding steroid dienone is 3. The summed E-state index contributed by atoms with van der Waals surface area (Å²) in [5.41, 5.74) is 6.99. The lowest BCUT2D eigenvalue weighted by Gasteiger charge is -2.32. The molecule has 0 spiro atoms. The van der Waals surface area contributed by atoms with E-state index in [0.717, 1.165) is 0 Å². The van der Waals surface area contributed by atoms with Crippen LogP contribution in [0.1, 0.15) is 30.7 Å². The van der Waals surface area contributed by atoms with Crippen molar-refractivity contribution in [3.8, 4) is 11.8 Å². The van der Waals surface area contributed by atoms with Crippen LogP contribution in [0.2, 0.25) is 10.0 Å². The zero-order chi connectivity index (χ0) is 17.4. The van der Waals surface area contributed by atoms with E-state index in [1.807, 2.05) is 6.07 Å². The van der Waals surface area contributed by atoms with Crippen molar-refractivity contribution >= 4 is 29.0 Å². The van der Waals surface area contributed by atoms with Crippen LogP contribution in [0, 0.1) is 11.3 Å². The number of methoxy groups -OCH3 is 1. The fraction of sp³-hybridized carbons (Fsp3) is 0.294. The molecule has 1 aliphatic heterocycles. The minimum atomic E-state index is -0.716. The molecule has 24 heavy (non-hydrogen) atoms. The first-order valence-electron chi connectivity index (χ1n) is 7.34. The van der Waals surface area contributed by atoms with Gasteiger partial charge in [-0.3, -0.25) is 4.79 Å². The van der Waals surface area contributed by atoms with E-state index in [2.05, 4.69) is 0 Å². The Hall–Kier alpha value is -2.16. The van der Waals surface area contributed by atoms with Crippen molar-refractivity contribution in [2.45, 2.75) is 25.2 Å². The number of Topliss-reactive ketones (excluding diaryl/α,β-unsaturated/α-hetero) is 1. The highest BCUT2D eigenvalue weighted by molar-refractivity contribution is 6.35. The summed E-state index contributed by atoms with van der Waals surface area (Å²) in [4.78, 5) is 12.5. The largest absolute Gasteiger partial charge is 0.496 e. The minimum absolute atomic E-state index is 0.0102. The Labute approximate surface area is 149 Å². The third kappa shape index (κ3) is 2.62. The molecule has 2 aliphatic rings. The predicted octanol–water partition coefficient (Wildman–Crippen LogP) is 3.82. The van der Waals surface area contributed by atoms with Gasteiger partial charge in [-0.2, -0.15) is 5.26 Å². The molecule has 0 amide bonds. The van der Waals surface area contributed by atoms with Gasteiger partial charge in [-0.05, 0) is 18.6 Å². The Morgan fingerprint density at radius 3 is 2.79 bits per heavy atom. The fourth-order valence-corrected chi connectivity index (χ4v) is 3.74. The second-order valence-corrected chi connectivity index (χ2v) is 6.39. The molecular weight excluding hydrogens is 351 g/mol. The predicted molar refractivity (Wildman–Crippen MR) is 89.6 cm³/mol. The summed E-state index contributed by atoms with van der Waals surface area (Å²) in [5, 5.41) is 10.3. The van der Waals surface area contributed by atoms with Crippen molar-refractivity contribution < 1.29 is 14.3 Å². The van der Waals surface area contributed by atoms with Crippen LogP contribution in [0.15, 0.2) is 34.9 Å². The maximum Gasteiger partial charge on any atom is 0.205 e. The molecule has 124 valence electrons. The summed E-state index contributed by atoms with van der Waals surface area (Å²) in [6.07, 6.45) is 1.67. The van der Waals surface area contributed by atoms with Crippen molar-refractivity contribution in [3.63, 3.8) is 0 Å². The molecule has 7 heteroatoms. The summed E-state index contributed by atoms with van der Waals surface area (Å²) in [7, 11) is 1.47. The zero-order valence-corrected chi connectivity index (χ0v) is 14.4. The lowest BCUT2D eigenvalue weighted by atomic mass is 9.77. The number of ether oxygens (including phenoxy) is 2. The smallest absolute Gasteiger partial charge is 0.205 e. The van der Waals surface area contributed by atoms with E-state index in [1.165, 1.54) is 7.11 Å². The van der Waals surface area contributed by atoms with Gasteiger partial charge in [-0.1, -0.05) is 23.2 Å². The molecule has 1 aromatic rings. The number of nitriles is 1. The molecule has 0 radical (unpaired) electrons. The molecule has 1 atom stereocenters. The molecule has 0 bridgehead atoms. The Bertz CT molecular complexity index is 837. The number of nitrogens with two attached hydrogens (primary N) is 1. The standard InChI is InChI=1S/C17H14Cl2N2O3/c1-23-13-6-8(18)5-10(19)15(13)14-9(7-20)17(21)24-12-4-2-3-11(22)16(12)14/h5-6,14H,2-4,21H2,1H3/t14-/m0/s1. The molecule has 0 fully saturated rings. The number of nitrogens with zero attached hydrogens (tertiary/aromatic N) is 1. The van der Waals surface area contributed by atoms with Gasteiger partial charge in [0.25, 0.3) is 0 Å². The molecule has 1 aromatic carbocycles. The van der Waals surface area contributed by atoms with Gasteiger partial charge in [0.15, 0.2) is 5.78 Å². The molecule has 0 aromatic heterocycles. The number of benzene rings is 1. The maximum absolute atomic E-state index is 12.5. The lowest BCUT2D eigenvalue weighted by Crippen LogP contribution is -2.27. The van der Waals surface area contributed by atoms with Gasteiger partial charge in [-0.25, -0.2) is 0 Å². The van der Waals surface area contributed by atoms with Crippen LogP contribution in [-0.4, -0.2) is 12.9 Å². The topological polar surface area (TPSA) is 85.3 Å². The monoisotopic (exact) mass is 364 g/mol. The maximum atomic E-state index is 12.5. The van der Waals surface area contributed by atoms with E-state index < -0.39 is 5.92 Å². The van der Waals surface area contributed by atoms with Crippen LogP contribution >= 0.6 is 23.2 Å². The minimum Gasteiger partial charge on any atom is -0.496 e. The highest BCUT2D eigenvalue weighted by atomic mass is 35.5. The van der Waals surface area contributed by atoms with Crippen molar-refractivity contribution in [1.29, 1.82) is 5.26 Å². The van der Waals surface area contributed by atoms with Crippen molar-refractivity contribution in [2.75, 3.05) is 7.11 Å². The third-order valence-corrected chi connectivity index (χ3v) is 4.70. The number of ketones is 1. The second kappa shape index (κ2) is 6.39. The molecule has 3 rings (SSSR count). The molecule has 5 nitrogen and oxygen atoms in total. The molecular formula is C17H14Cl2N2O3. The van der Waals surface area contributed by atoms with E-state index in [4.69, 9.17) is 38.4 Å². The Morgan fingerprint density at radius 1 is 1.38 bits per heavy atom. The van der Waals surface area contributed by atoms with E-state index >= 15 is 0 Å². The van der Waals surface area contributed by atoms with Crippen LogP contribution < -0.4 is 10.5 Å². The van der Waals surface area contributed by atoms with Crippen LogP contribution in [0.25, 0.3) is 0 Å². The number of halogens is 2. The SMILES string of the molecule is COc1cc(Cl)cc(Cl)c1[C@@H]1C(C#N)=C(N)OC2=C1C(=O)CCC2. The normalized spacial score (nSPS) is 20.4. The quantitative estimate of drug-likeness (QED) is 0.861. The van der Waals surface area contributed by atoms with Crippen molar-refractivity contribution in [3.05, 3.63) is 50.5 Å². The highest BCUT2D eigenvalue weighted by Crippen LogP contribution is 2.48. The molecule has 0 saturated heterocycles. The number of hydrogen-bond acceptors (Lipinski definition) is 5. The van der Waals surface area contributed by atoms with Crippen molar-refractivity contribution in [2.24, 2.45) is 5.73 Å². The number of carbonyl (C=O) groups excluding carboxylic acids is 1. The molecule has 1 aliphatic carbocycles. The van der Waals surface area contributed by atoms with E-state index in [-0.39, 0.29) is 17.2 Å². The summed E-state index contributed by atoms with van der Waals surface area (Å²) in [6, 6.07) is 5.19. The summed E-state index contributed by atoms with van der Waals surface area (Å²) in [6.45, 7) is 0. The van der Waals surface area contributed by atoms with Gasteiger partial charge >= 0.3 is 0 Å². The van der Waals surface area contributed by atoms with E-state index in [9.17, 15) is 10.1 Å². The fourth-order valence-electron chi connectivity index (χ4n) is 3.16. The van der Waals surface area contributed by atoms with Gasteiger partial charge in [0.2, 0.25) is 5.88 Å². The first-order valence-corrected chi connectivity index (χ1v) is 8.10. The average molecular weight is 365 g/mol. The van der Waals surface area contributed by atoms with Crippen LogP contribution in [0.3, 0.4) is 0 Å². The number of hydrogen-bond donors (Lipinski definition) is 1. The molecule has 2 N–H and O–H groups in total. The molecule has 1 heterocycles. The van der Waals surface area contributed by atoms with Gasteiger partial charge in [-0.15, -0.1) is 0 Å². The van der Waals surface area contributed by atoms with E-state index in [0.29, 0.717) is 52.0 Å². The van der Waals surface area contributed by atoms with Crippen molar-refractivity contribution in [1.82, 2.24) is 0 Å². The Balaban J connectivity index is 2.30. The summed E-state index contributed by atoms with van der Waals surface area (Å²) in [5.74, 6) is 0.0934. The molecule has 0 saturated carbocycles. The highest BCUT2D eigenvalue weighted by Gasteiger charge is 2.40. The van der Waals surface area contributed by atoms with Gasteiger partial charge in [0, 0.05) is 34.0 Å². The first-order chi connectivity index (χ1) is 11.5. The number of carbonyl (C=O) groups is 1. The zero-order valence-electron chi connectivity index (χ0n) is 12.9. The average Bonchev–Trinajstić information content (AvgIpc) is 2.53.